The van der Waals surface area contributed by atoms with Crippen LogP contribution in [-0.2, 0) is 6.42 Å². The number of piperidine rings is 1. The average Bonchev–Trinajstić information content (AvgIpc) is 3.28. The summed E-state index contributed by atoms with van der Waals surface area (Å²) < 4.78 is 5.34. The molecule has 0 radical (unpaired) electrons. The SMILES string of the molecule is CN=C(NCCc1ccco1)NC1CCN(c2cccs2)CC1. The minimum Gasteiger partial charge on any atom is -0.469 e. The molecule has 1 fully saturated rings. The Bertz CT molecular complexity index is 586. The Morgan fingerprint density at radius 3 is 2.87 bits per heavy atom. The van der Waals surface area contributed by atoms with Crippen molar-refractivity contribution in [3.63, 3.8) is 0 Å². The zero-order valence-corrected chi connectivity index (χ0v) is 14.3. The second-order valence-corrected chi connectivity index (χ2v) is 6.61. The molecule has 0 atom stereocenters. The van der Waals surface area contributed by atoms with E-state index < -0.39 is 0 Å². The lowest BCUT2D eigenvalue weighted by atomic mass is 10.1. The van der Waals surface area contributed by atoms with E-state index >= 15 is 0 Å². The number of hydrogen-bond donors (Lipinski definition) is 2. The number of rotatable bonds is 5. The maximum absolute atomic E-state index is 5.34. The average molecular weight is 332 g/mol. The van der Waals surface area contributed by atoms with E-state index in [9.17, 15) is 0 Å². The third-order valence-corrected chi connectivity index (χ3v) is 5.05. The standard InChI is InChI=1S/C17H24N4OS/c1-18-17(19-9-6-15-4-2-12-22-15)20-14-7-10-21(11-8-14)16-5-3-13-23-16/h2-5,12-14H,6-11H2,1H3,(H2,18,19,20). The fourth-order valence-electron chi connectivity index (χ4n) is 2.84. The number of anilines is 1. The van der Waals surface area contributed by atoms with E-state index in [-0.39, 0.29) is 0 Å². The van der Waals surface area contributed by atoms with Crippen LogP contribution in [0.5, 0.6) is 0 Å². The van der Waals surface area contributed by atoms with Gasteiger partial charge in [-0.05, 0) is 42.5 Å². The van der Waals surface area contributed by atoms with Crippen LogP contribution in [0.4, 0.5) is 5.00 Å². The number of furan rings is 1. The molecule has 1 aliphatic rings. The molecule has 2 aromatic heterocycles. The third kappa shape index (κ3) is 4.51. The summed E-state index contributed by atoms with van der Waals surface area (Å²) in [6, 6.07) is 8.73. The number of aliphatic imine (C=N–C) groups is 1. The van der Waals surface area contributed by atoms with Gasteiger partial charge >= 0.3 is 0 Å². The molecule has 0 aliphatic carbocycles. The van der Waals surface area contributed by atoms with Crippen LogP contribution in [0, 0.1) is 0 Å². The lowest BCUT2D eigenvalue weighted by molar-refractivity contribution is 0.461. The molecule has 3 rings (SSSR count). The van der Waals surface area contributed by atoms with Crippen LogP contribution in [0.15, 0.2) is 45.3 Å². The van der Waals surface area contributed by atoms with Crippen molar-refractivity contribution in [1.29, 1.82) is 0 Å². The Morgan fingerprint density at radius 2 is 2.22 bits per heavy atom. The molecule has 0 aromatic carbocycles. The smallest absolute Gasteiger partial charge is 0.191 e. The zero-order valence-electron chi connectivity index (χ0n) is 13.5. The minimum absolute atomic E-state index is 0.487. The molecule has 0 amide bonds. The molecule has 2 aromatic rings. The summed E-state index contributed by atoms with van der Waals surface area (Å²) in [6.45, 7) is 3.02. The topological polar surface area (TPSA) is 52.8 Å². The molecule has 23 heavy (non-hydrogen) atoms. The van der Waals surface area contributed by atoms with Gasteiger partial charge < -0.3 is 20.0 Å². The van der Waals surface area contributed by atoms with Crippen LogP contribution in [0.3, 0.4) is 0 Å². The number of nitrogens with zero attached hydrogens (tertiary/aromatic N) is 2. The van der Waals surface area contributed by atoms with Crippen molar-refractivity contribution in [3.8, 4) is 0 Å². The number of nitrogens with one attached hydrogen (secondary N) is 2. The Labute approximate surface area is 141 Å². The van der Waals surface area contributed by atoms with Crippen LogP contribution < -0.4 is 15.5 Å². The van der Waals surface area contributed by atoms with E-state index in [0.717, 1.165) is 50.6 Å². The minimum atomic E-state index is 0.487. The molecule has 0 unspecified atom stereocenters. The lowest BCUT2D eigenvalue weighted by Gasteiger charge is -2.33. The van der Waals surface area contributed by atoms with E-state index in [2.05, 4.69) is 38.0 Å². The highest BCUT2D eigenvalue weighted by Crippen LogP contribution is 2.24. The first-order chi connectivity index (χ1) is 11.3. The van der Waals surface area contributed by atoms with E-state index in [0.29, 0.717) is 6.04 Å². The van der Waals surface area contributed by atoms with Crippen molar-refractivity contribution in [3.05, 3.63) is 41.7 Å². The van der Waals surface area contributed by atoms with Gasteiger partial charge in [-0.25, -0.2) is 0 Å². The predicted octanol–water partition coefficient (Wildman–Crippen LogP) is 2.72. The van der Waals surface area contributed by atoms with Gasteiger partial charge in [0.2, 0.25) is 0 Å². The molecule has 5 nitrogen and oxygen atoms in total. The highest BCUT2D eigenvalue weighted by Gasteiger charge is 2.20. The summed E-state index contributed by atoms with van der Waals surface area (Å²) in [6.07, 6.45) is 4.85. The fraction of sp³-hybridized carbons (Fsp3) is 0.471. The zero-order chi connectivity index (χ0) is 15.9. The molecule has 0 saturated carbocycles. The van der Waals surface area contributed by atoms with E-state index in [4.69, 9.17) is 4.42 Å². The van der Waals surface area contributed by atoms with Crippen LogP contribution in [0.1, 0.15) is 18.6 Å². The van der Waals surface area contributed by atoms with Crippen molar-refractivity contribution < 1.29 is 4.42 Å². The summed E-state index contributed by atoms with van der Waals surface area (Å²) in [4.78, 5) is 6.79. The van der Waals surface area contributed by atoms with Gasteiger partial charge in [0.1, 0.15) is 5.76 Å². The Balaban J connectivity index is 1.39. The van der Waals surface area contributed by atoms with E-state index in [1.54, 1.807) is 6.26 Å². The maximum Gasteiger partial charge on any atom is 0.191 e. The molecule has 1 saturated heterocycles. The first-order valence-corrected chi connectivity index (χ1v) is 9.01. The maximum atomic E-state index is 5.34. The normalized spacial score (nSPS) is 16.6. The Morgan fingerprint density at radius 1 is 1.35 bits per heavy atom. The second kappa shape index (κ2) is 8.06. The van der Waals surface area contributed by atoms with Gasteiger partial charge in [0, 0.05) is 39.1 Å². The van der Waals surface area contributed by atoms with Gasteiger partial charge in [0.25, 0.3) is 0 Å². The molecule has 1 aliphatic heterocycles. The van der Waals surface area contributed by atoms with Gasteiger partial charge in [-0.3, -0.25) is 4.99 Å². The molecule has 0 spiro atoms. The molecule has 2 N–H and O–H groups in total. The van der Waals surface area contributed by atoms with Crippen molar-refractivity contribution in [2.45, 2.75) is 25.3 Å². The molecule has 3 heterocycles. The van der Waals surface area contributed by atoms with E-state index in [1.807, 2.05) is 30.5 Å². The summed E-state index contributed by atoms with van der Waals surface area (Å²) in [5, 5.41) is 10.4. The molecular formula is C17H24N4OS. The van der Waals surface area contributed by atoms with Crippen molar-refractivity contribution in [1.82, 2.24) is 10.6 Å². The van der Waals surface area contributed by atoms with Gasteiger partial charge in [-0.1, -0.05) is 0 Å². The largest absolute Gasteiger partial charge is 0.469 e. The van der Waals surface area contributed by atoms with Gasteiger partial charge in [-0.15, -0.1) is 11.3 Å². The molecule has 0 bridgehead atoms. The first-order valence-electron chi connectivity index (χ1n) is 8.13. The number of guanidine groups is 1. The highest BCUT2D eigenvalue weighted by molar-refractivity contribution is 7.14. The van der Waals surface area contributed by atoms with Crippen LogP contribution in [0.25, 0.3) is 0 Å². The number of thiophene rings is 1. The third-order valence-electron chi connectivity index (χ3n) is 4.12. The quantitative estimate of drug-likeness (QED) is 0.653. The van der Waals surface area contributed by atoms with Crippen molar-refractivity contribution >= 4 is 22.3 Å². The van der Waals surface area contributed by atoms with Crippen LogP contribution in [0.2, 0.25) is 0 Å². The van der Waals surface area contributed by atoms with Crippen molar-refractivity contribution in [2.75, 3.05) is 31.6 Å². The van der Waals surface area contributed by atoms with Crippen LogP contribution in [-0.4, -0.2) is 38.7 Å². The summed E-state index contributed by atoms with van der Waals surface area (Å²) in [5.74, 6) is 1.88. The summed E-state index contributed by atoms with van der Waals surface area (Å²) >= 11 is 1.82. The first kappa shape index (κ1) is 15.9. The van der Waals surface area contributed by atoms with E-state index in [1.165, 1.54) is 5.00 Å². The van der Waals surface area contributed by atoms with Gasteiger partial charge in [0.05, 0.1) is 11.3 Å². The summed E-state index contributed by atoms with van der Waals surface area (Å²) in [7, 11) is 1.82. The van der Waals surface area contributed by atoms with Crippen molar-refractivity contribution in [2.24, 2.45) is 4.99 Å². The monoisotopic (exact) mass is 332 g/mol. The Hall–Kier alpha value is -1.95. The summed E-state index contributed by atoms with van der Waals surface area (Å²) in [5.41, 5.74) is 0. The lowest BCUT2D eigenvalue weighted by Crippen LogP contribution is -2.49. The highest BCUT2D eigenvalue weighted by atomic mass is 32.1. The fourth-order valence-corrected chi connectivity index (χ4v) is 3.63. The molecule has 124 valence electrons. The Kier molecular flexibility index (Phi) is 5.58. The van der Waals surface area contributed by atoms with Crippen LogP contribution >= 0.6 is 11.3 Å². The second-order valence-electron chi connectivity index (χ2n) is 5.69. The number of hydrogen-bond acceptors (Lipinski definition) is 4. The molecule has 6 heteroatoms. The molecular weight excluding hydrogens is 308 g/mol. The predicted molar refractivity (Wildman–Crippen MR) is 96.5 cm³/mol. The van der Waals surface area contributed by atoms with Gasteiger partial charge in [-0.2, -0.15) is 0 Å². The van der Waals surface area contributed by atoms with Gasteiger partial charge in [0.15, 0.2) is 5.96 Å².